The summed E-state index contributed by atoms with van der Waals surface area (Å²) in [7, 11) is 1.61. The average Bonchev–Trinajstić information content (AvgIpc) is 2.34. The number of carbonyl (C=O) groups excluding carboxylic acids is 1. The second-order valence-electron chi connectivity index (χ2n) is 3.57. The van der Waals surface area contributed by atoms with Crippen LogP contribution < -0.4 is 10.6 Å². The van der Waals surface area contributed by atoms with Crippen molar-refractivity contribution in [2.75, 3.05) is 26.8 Å². The predicted molar refractivity (Wildman–Crippen MR) is 70.2 cm³/mol. The molecule has 0 radical (unpaired) electrons. The summed E-state index contributed by atoms with van der Waals surface area (Å²) in [5, 5.41) is 5.67. The lowest BCUT2D eigenvalue weighted by Crippen LogP contribution is -2.34. The van der Waals surface area contributed by atoms with Crippen LogP contribution in [0, 0.1) is 5.82 Å². The van der Waals surface area contributed by atoms with Crippen LogP contribution in [0.3, 0.4) is 0 Å². The molecule has 0 aliphatic carbocycles. The van der Waals surface area contributed by atoms with Crippen LogP contribution >= 0.6 is 12.4 Å². The van der Waals surface area contributed by atoms with Gasteiger partial charge in [-0.05, 0) is 17.7 Å². The van der Waals surface area contributed by atoms with E-state index >= 15 is 0 Å². The van der Waals surface area contributed by atoms with Gasteiger partial charge in [0.2, 0.25) is 5.91 Å². The van der Waals surface area contributed by atoms with Gasteiger partial charge in [-0.1, -0.05) is 12.1 Å². The molecule has 0 atom stereocenters. The van der Waals surface area contributed by atoms with Gasteiger partial charge < -0.3 is 15.4 Å². The van der Waals surface area contributed by atoms with Crippen molar-refractivity contribution in [3.63, 3.8) is 0 Å². The smallest absolute Gasteiger partial charge is 0.234 e. The maximum atomic E-state index is 12.6. The van der Waals surface area contributed by atoms with Crippen molar-refractivity contribution in [2.24, 2.45) is 0 Å². The third kappa shape index (κ3) is 7.21. The maximum absolute atomic E-state index is 12.6. The fourth-order valence-corrected chi connectivity index (χ4v) is 1.24. The highest BCUT2D eigenvalue weighted by Crippen LogP contribution is 2.01. The van der Waals surface area contributed by atoms with Crippen LogP contribution in [0.5, 0.6) is 0 Å². The van der Waals surface area contributed by atoms with Crippen molar-refractivity contribution in [3.05, 3.63) is 35.6 Å². The zero-order valence-electron chi connectivity index (χ0n) is 10.2. The van der Waals surface area contributed by atoms with Gasteiger partial charge in [-0.25, -0.2) is 4.39 Å². The highest BCUT2D eigenvalue weighted by molar-refractivity contribution is 5.85. The third-order valence-electron chi connectivity index (χ3n) is 2.17. The number of nitrogens with one attached hydrogen (secondary N) is 2. The first-order chi connectivity index (χ1) is 8.22. The Morgan fingerprint density at radius 1 is 1.33 bits per heavy atom. The highest BCUT2D eigenvalue weighted by atomic mass is 35.5. The Kier molecular flexibility index (Phi) is 9.18. The van der Waals surface area contributed by atoms with E-state index in [0.717, 1.165) is 5.56 Å². The number of rotatable bonds is 7. The molecule has 0 aliphatic rings. The molecule has 0 saturated heterocycles. The molecular weight excluding hydrogens is 259 g/mol. The lowest BCUT2D eigenvalue weighted by molar-refractivity contribution is -0.120. The number of hydrogen-bond acceptors (Lipinski definition) is 3. The summed E-state index contributed by atoms with van der Waals surface area (Å²) in [5.41, 5.74) is 0.872. The minimum absolute atomic E-state index is 0. The second kappa shape index (κ2) is 9.82. The van der Waals surface area contributed by atoms with E-state index in [9.17, 15) is 9.18 Å². The Morgan fingerprint density at radius 3 is 2.61 bits per heavy atom. The number of carbonyl (C=O) groups is 1. The normalized spacial score (nSPS) is 9.67. The van der Waals surface area contributed by atoms with Crippen molar-refractivity contribution >= 4 is 18.3 Å². The second-order valence-corrected chi connectivity index (χ2v) is 3.57. The lowest BCUT2D eigenvalue weighted by atomic mass is 10.2. The van der Waals surface area contributed by atoms with Gasteiger partial charge in [-0.2, -0.15) is 0 Å². The van der Waals surface area contributed by atoms with Gasteiger partial charge in [0.1, 0.15) is 5.82 Å². The van der Waals surface area contributed by atoms with E-state index in [1.165, 1.54) is 12.1 Å². The molecule has 0 saturated carbocycles. The summed E-state index contributed by atoms with van der Waals surface area (Å²) in [6.07, 6.45) is 0. The summed E-state index contributed by atoms with van der Waals surface area (Å²) < 4.78 is 17.4. The molecule has 0 bridgehead atoms. The molecule has 6 heteroatoms. The van der Waals surface area contributed by atoms with Crippen molar-refractivity contribution in [2.45, 2.75) is 6.54 Å². The molecule has 1 rings (SSSR count). The fourth-order valence-electron chi connectivity index (χ4n) is 1.24. The summed E-state index contributed by atoms with van der Waals surface area (Å²) in [5.74, 6) is -0.369. The third-order valence-corrected chi connectivity index (χ3v) is 2.17. The Bertz CT molecular complexity index is 346. The number of ether oxygens (including phenoxy) is 1. The van der Waals surface area contributed by atoms with Crippen LogP contribution in [0.15, 0.2) is 24.3 Å². The minimum Gasteiger partial charge on any atom is -0.383 e. The molecule has 1 aromatic carbocycles. The summed E-state index contributed by atoms with van der Waals surface area (Å²) in [4.78, 5) is 11.4. The van der Waals surface area contributed by atoms with Crippen LogP contribution in [0.2, 0.25) is 0 Å². The molecule has 18 heavy (non-hydrogen) atoms. The first-order valence-electron chi connectivity index (χ1n) is 5.43. The monoisotopic (exact) mass is 276 g/mol. The molecule has 4 nitrogen and oxygen atoms in total. The highest BCUT2D eigenvalue weighted by Gasteiger charge is 2.00. The molecule has 0 spiro atoms. The zero-order chi connectivity index (χ0) is 12.5. The van der Waals surface area contributed by atoms with Gasteiger partial charge in [0, 0.05) is 20.2 Å². The Morgan fingerprint density at radius 2 is 2.00 bits per heavy atom. The van der Waals surface area contributed by atoms with E-state index in [2.05, 4.69) is 10.6 Å². The van der Waals surface area contributed by atoms with Crippen molar-refractivity contribution in [3.8, 4) is 0 Å². The molecular formula is C12H18ClFN2O2. The number of halogens is 2. The molecule has 1 aromatic rings. The van der Waals surface area contributed by atoms with Crippen molar-refractivity contribution in [1.29, 1.82) is 0 Å². The first kappa shape index (κ1) is 16.8. The van der Waals surface area contributed by atoms with Crippen LogP contribution in [0.25, 0.3) is 0 Å². The summed E-state index contributed by atoms with van der Waals surface area (Å²) in [6, 6.07) is 6.04. The van der Waals surface area contributed by atoms with Gasteiger partial charge in [0.05, 0.1) is 13.2 Å². The van der Waals surface area contributed by atoms with E-state index in [1.807, 2.05) is 0 Å². The topological polar surface area (TPSA) is 50.4 Å². The lowest BCUT2D eigenvalue weighted by Gasteiger charge is -2.06. The SMILES string of the molecule is COCCNCC(=O)NCc1ccc(F)cc1.Cl. The van der Waals surface area contributed by atoms with Gasteiger partial charge in [0.25, 0.3) is 0 Å². The van der Waals surface area contributed by atoms with Gasteiger partial charge in [-0.3, -0.25) is 4.79 Å². The molecule has 102 valence electrons. The molecule has 0 fully saturated rings. The largest absolute Gasteiger partial charge is 0.383 e. The van der Waals surface area contributed by atoms with Gasteiger partial charge >= 0.3 is 0 Å². The molecule has 0 heterocycles. The van der Waals surface area contributed by atoms with Crippen LogP contribution in [0.4, 0.5) is 4.39 Å². The Labute approximate surface area is 112 Å². The van der Waals surface area contributed by atoms with Crippen LogP contribution in [-0.2, 0) is 16.1 Å². The molecule has 0 unspecified atom stereocenters. The maximum Gasteiger partial charge on any atom is 0.234 e. The number of benzene rings is 1. The molecule has 0 aromatic heterocycles. The summed E-state index contributed by atoms with van der Waals surface area (Å²) in [6.45, 7) is 1.88. The molecule has 1 amide bonds. The number of methoxy groups -OCH3 is 1. The summed E-state index contributed by atoms with van der Waals surface area (Å²) >= 11 is 0. The van der Waals surface area contributed by atoms with E-state index in [4.69, 9.17) is 4.74 Å². The quantitative estimate of drug-likeness (QED) is 0.734. The molecule has 0 aliphatic heterocycles. The van der Waals surface area contributed by atoms with Gasteiger partial charge in [0.15, 0.2) is 0 Å². The number of hydrogen-bond donors (Lipinski definition) is 2. The van der Waals surface area contributed by atoms with E-state index in [-0.39, 0.29) is 30.7 Å². The van der Waals surface area contributed by atoms with E-state index < -0.39 is 0 Å². The fraction of sp³-hybridized carbons (Fsp3) is 0.417. The first-order valence-corrected chi connectivity index (χ1v) is 5.43. The van der Waals surface area contributed by atoms with Crippen molar-refractivity contribution in [1.82, 2.24) is 10.6 Å². The van der Waals surface area contributed by atoms with Crippen LogP contribution in [0.1, 0.15) is 5.56 Å². The van der Waals surface area contributed by atoms with Crippen molar-refractivity contribution < 1.29 is 13.9 Å². The standard InChI is InChI=1S/C12H17FN2O2.ClH/c1-17-7-6-14-9-12(16)15-8-10-2-4-11(13)5-3-10;/h2-5,14H,6-9H2,1H3,(H,15,16);1H. The van der Waals surface area contributed by atoms with Gasteiger partial charge in [-0.15, -0.1) is 12.4 Å². The predicted octanol–water partition coefficient (Wildman–Crippen LogP) is 1.10. The zero-order valence-corrected chi connectivity index (χ0v) is 11.1. The minimum atomic E-state index is -0.277. The molecule has 2 N–H and O–H groups in total. The number of amides is 1. The van der Waals surface area contributed by atoms with E-state index in [0.29, 0.717) is 19.7 Å². The Balaban J connectivity index is 0.00000289. The van der Waals surface area contributed by atoms with Crippen LogP contribution in [-0.4, -0.2) is 32.7 Å². The van der Waals surface area contributed by atoms with E-state index in [1.54, 1.807) is 19.2 Å². The average molecular weight is 277 g/mol. The Hall–Kier alpha value is -1.17.